The van der Waals surface area contributed by atoms with Crippen LogP contribution in [0.3, 0.4) is 0 Å². The highest BCUT2D eigenvalue weighted by molar-refractivity contribution is 5.55. The van der Waals surface area contributed by atoms with Crippen LogP contribution in [0.2, 0.25) is 0 Å². The Morgan fingerprint density at radius 2 is 1.69 bits per heavy atom. The number of ether oxygens (including phenoxy) is 1. The fraction of sp³-hybridized carbons (Fsp3) is 0.480. The van der Waals surface area contributed by atoms with Gasteiger partial charge < -0.3 is 9.64 Å². The highest BCUT2D eigenvalue weighted by Gasteiger charge is 2.34. The first kappa shape index (κ1) is 22.3. The van der Waals surface area contributed by atoms with Crippen LogP contribution < -0.4 is 9.64 Å². The summed E-state index contributed by atoms with van der Waals surface area (Å²) in [4.78, 5) is 4.97. The van der Waals surface area contributed by atoms with Crippen molar-refractivity contribution in [2.24, 2.45) is 0 Å². The van der Waals surface area contributed by atoms with Crippen molar-refractivity contribution in [2.45, 2.75) is 46.2 Å². The number of anilines is 1. The van der Waals surface area contributed by atoms with E-state index < -0.39 is 0 Å². The standard InChI is InChI=1S/C25H34N6O/c1-18-11-12-19(2)21(17-18)29-13-15-30(16-14-29)23(20-9-7-8-10-22(20)32-6)24-26-27-28-31(24)25(3,4)5/h7-12,17,23H,13-16H2,1-6H3/t23-/m1/s1. The van der Waals surface area contributed by atoms with Gasteiger partial charge in [0.2, 0.25) is 0 Å². The van der Waals surface area contributed by atoms with Crippen LogP contribution in [-0.4, -0.2) is 58.4 Å². The topological polar surface area (TPSA) is 59.3 Å². The number of hydrogen-bond donors (Lipinski definition) is 0. The van der Waals surface area contributed by atoms with Crippen LogP contribution in [0, 0.1) is 13.8 Å². The van der Waals surface area contributed by atoms with Gasteiger partial charge in [-0.1, -0.05) is 30.3 Å². The van der Waals surface area contributed by atoms with Gasteiger partial charge in [-0.05, 0) is 68.3 Å². The molecule has 7 heteroatoms. The lowest BCUT2D eigenvalue weighted by Crippen LogP contribution is -2.49. The second kappa shape index (κ2) is 8.90. The van der Waals surface area contributed by atoms with E-state index in [0.717, 1.165) is 43.3 Å². The van der Waals surface area contributed by atoms with Crippen molar-refractivity contribution in [2.75, 3.05) is 38.2 Å². The van der Waals surface area contributed by atoms with E-state index in [1.807, 2.05) is 16.8 Å². The molecule has 4 rings (SSSR count). The zero-order chi connectivity index (χ0) is 22.9. The lowest BCUT2D eigenvalue weighted by atomic mass is 10.00. The van der Waals surface area contributed by atoms with Crippen molar-refractivity contribution in [3.05, 3.63) is 65.0 Å². The Bertz CT molecular complexity index is 1060. The molecule has 0 saturated carbocycles. The molecule has 0 radical (unpaired) electrons. The Morgan fingerprint density at radius 1 is 0.969 bits per heavy atom. The summed E-state index contributed by atoms with van der Waals surface area (Å²) in [6, 6.07) is 14.8. The van der Waals surface area contributed by atoms with Gasteiger partial charge in [0.25, 0.3) is 0 Å². The van der Waals surface area contributed by atoms with Gasteiger partial charge in [-0.3, -0.25) is 4.90 Å². The van der Waals surface area contributed by atoms with E-state index in [1.54, 1.807) is 7.11 Å². The first-order valence-electron chi connectivity index (χ1n) is 11.3. The zero-order valence-corrected chi connectivity index (χ0v) is 20.0. The van der Waals surface area contributed by atoms with Gasteiger partial charge in [-0.25, -0.2) is 4.68 Å². The van der Waals surface area contributed by atoms with Crippen molar-refractivity contribution in [1.82, 2.24) is 25.1 Å². The summed E-state index contributed by atoms with van der Waals surface area (Å²) in [6.45, 7) is 14.5. The molecule has 0 N–H and O–H groups in total. The molecule has 1 aliphatic rings. The van der Waals surface area contributed by atoms with Crippen molar-refractivity contribution >= 4 is 5.69 Å². The predicted octanol–water partition coefficient (Wildman–Crippen LogP) is 3.97. The maximum Gasteiger partial charge on any atom is 0.173 e. The molecule has 0 bridgehead atoms. The third kappa shape index (κ3) is 4.35. The molecule has 3 aromatic rings. The first-order valence-corrected chi connectivity index (χ1v) is 11.3. The molecule has 1 aliphatic heterocycles. The van der Waals surface area contributed by atoms with Crippen LogP contribution >= 0.6 is 0 Å². The average molecular weight is 435 g/mol. The summed E-state index contributed by atoms with van der Waals surface area (Å²) in [5.74, 6) is 1.71. The Labute approximate surface area is 191 Å². The Balaban J connectivity index is 1.68. The van der Waals surface area contributed by atoms with Crippen molar-refractivity contribution in [3.8, 4) is 5.75 Å². The molecule has 0 aliphatic carbocycles. The van der Waals surface area contributed by atoms with E-state index in [2.05, 4.69) is 90.3 Å². The molecule has 0 unspecified atom stereocenters. The average Bonchev–Trinajstić information content (AvgIpc) is 3.27. The summed E-state index contributed by atoms with van der Waals surface area (Å²) >= 11 is 0. The molecule has 2 heterocycles. The zero-order valence-electron chi connectivity index (χ0n) is 20.0. The molecule has 1 saturated heterocycles. The molecule has 0 amide bonds. The van der Waals surface area contributed by atoms with Gasteiger partial charge in [0.15, 0.2) is 5.82 Å². The molecule has 7 nitrogen and oxygen atoms in total. The summed E-state index contributed by atoms with van der Waals surface area (Å²) in [7, 11) is 1.72. The van der Waals surface area contributed by atoms with Crippen LogP contribution in [0.25, 0.3) is 0 Å². The molecule has 1 atom stereocenters. The van der Waals surface area contributed by atoms with Crippen molar-refractivity contribution in [3.63, 3.8) is 0 Å². The number of nitrogens with zero attached hydrogens (tertiary/aromatic N) is 6. The Morgan fingerprint density at radius 3 is 2.38 bits per heavy atom. The van der Waals surface area contributed by atoms with Crippen molar-refractivity contribution < 1.29 is 4.74 Å². The van der Waals surface area contributed by atoms with Gasteiger partial charge in [0.1, 0.15) is 11.8 Å². The van der Waals surface area contributed by atoms with E-state index in [4.69, 9.17) is 4.74 Å². The first-order chi connectivity index (χ1) is 15.3. The maximum absolute atomic E-state index is 5.75. The summed E-state index contributed by atoms with van der Waals surface area (Å²) in [6.07, 6.45) is 0. The molecule has 170 valence electrons. The van der Waals surface area contributed by atoms with Gasteiger partial charge in [-0.15, -0.1) is 5.10 Å². The summed E-state index contributed by atoms with van der Waals surface area (Å²) < 4.78 is 7.69. The smallest absolute Gasteiger partial charge is 0.173 e. The van der Waals surface area contributed by atoms with Crippen LogP contribution in [0.1, 0.15) is 49.3 Å². The number of aromatic nitrogens is 4. The maximum atomic E-state index is 5.75. The molecule has 0 spiro atoms. The van der Waals surface area contributed by atoms with Crippen LogP contribution in [-0.2, 0) is 5.54 Å². The third-order valence-corrected chi connectivity index (χ3v) is 6.19. The molecular formula is C25H34N6O. The monoisotopic (exact) mass is 434 g/mol. The molecule has 1 aromatic heterocycles. The van der Waals surface area contributed by atoms with Gasteiger partial charge in [0, 0.05) is 37.4 Å². The fourth-order valence-electron chi connectivity index (χ4n) is 4.51. The number of methoxy groups -OCH3 is 1. The molecular weight excluding hydrogens is 400 g/mol. The minimum Gasteiger partial charge on any atom is -0.496 e. The van der Waals surface area contributed by atoms with E-state index in [9.17, 15) is 0 Å². The number of benzene rings is 2. The number of rotatable bonds is 5. The summed E-state index contributed by atoms with van der Waals surface area (Å²) in [5, 5.41) is 12.9. The van der Waals surface area contributed by atoms with Gasteiger partial charge in [0.05, 0.1) is 12.6 Å². The van der Waals surface area contributed by atoms with E-state index in [-0.39, 0.29) is 11.6 Å². The van der Waals surface area contributed by atoms with Crippen LogP contribution in [0.4, 0.5) is 5.69 Å². The highest BCUT2D eigenvalue weighted by atomic mass is 16.5. The number of aryl methyl sites for hydroxylation is 2. The largest absolute Gasteiger partial charge is 0.496 e. The molecule has 1 fully saturated rings. The number of tetrazole rings is 1. The fourth-order valence-corrected chi connectivity index (χ4v) is 4.51. The third-order valence-electron chi connectivity index (χ3n) is 6.19. The van der Waals surface area contributed by atoms with Crippen molar-refractivity contribution in [1.29, 1.82) is 0 Å². The van der Waals surface area contributed by atoms with E-state index in [0.29, 0.717) is 0 Å². The molecule has 32 heavy (non-hydrogen) atoms. The van der Waals surface area contributed by atoms with Crippen LogP contribution in [0.5, 0.6) is 5.75 Å². The highest BCUT2D eigenvalue weighted by Crippen LogP contribution is 2.36. The molecule has 2 aromatic carbocycles. The lowest BCUT2D eigenvalue weighted by Gasteiger charge is -2.41. The second-order valence-corrected chi connectivity index (χ2v) is 9.58. The minimum atomic E-state index is -0.223. The van der Waals surface area contributed by atoms with E-state index >= 15 is 0 Å². The van der Waals surface area contributed by atoms with Crippen LogP contribution in [0.15, 0.2) is 42.5 Å². The predicted molar refractivity (Wildman–Crippen MR) is 127 cm³/mol. The SMILES string of the molecule is COc1ccccc1[C@H](c1nnnn1C(C)(C)C)N1CCN(c2cc(C)ccc2C)CC1. The Hall–Kier alpha value is -2.93. The van der Waals surface area contributed by atoms with Gasteiger partial charge in [-0.2, -0.15) is 0 Å². The lowest BCUT2D eigenvalue weighted by molar-refractivity contribution is 0.188. The van der Waals surface area contributed by atoms with Gasteiger partial charge >= 0.3 is 0 Å². The number of hydrogen-bond acceptors (Lipinski definition) is 6. The minimum absolute atomic E-state index is 0.0823. The van der Waals surface area contributed by atoms with E-state index in [1.165, 1.54) is 16.8 Å². The number of piperazine rings is 1. The number of para-hydroxylation sites is 1. The normalized spacial score (nSPS) is 16.2. The summed E-state index contributed by atoms with van der Waals surface area (Å²) in [5.41, 5.74) is 4.82. The quantitative estimate of drug-likeness (QED) is 0.606. The Kier molecular flexibility index (Phi) is 6.20. The second-order valence-electron chi connectivity index (χ2n) is 9.58.